The molecule has 1 amide bonds. The smallest absolute Gasteiger partial charge is 0.229 e. The molecule has 0 atom stereocenters. The Labute approximate surface area is 159 Å². The van der Waals surface area contributed by atoms with Gasteiger partial charge in [-0.05, 0) is 32.6 Å². The zero-order valence-corrected chi connectivity index (χ0v) is 15.9. The second-order valence-corrected chi connectivity index (χ2v) is 7.75. The molecule has 2 aromatic heterocycles. The molecule has 2 fully saturated rings. The van der Waals surface area contributed by atoms with Crippen molar-refractivity contribution in [2.45, 2.75) is 70.1 Å². The van der Waals surface area contributed by atoms with E-state index < -0.39 is 0 Å². The van der Waals surface area contributed by atoms with Gasteiger partial charge in [0.1, 0.15) is 0 Å². The quantitative estimate of drug-likeness (QED) is 0.823. The van der Waals surface area contributed by atoms with Gasteiger partial charge in [0, 0.05) is 37.3 Å². The molecule has 1 aliphatic heterocycles. The molecule has 2 aromatic rings. The summed E-state index contributed by atoms with van der Waals surface area (Å²) in [6, 6.07) is 0. The van der Waals surface area contributed by atoms with Crippen LogP contribution in [-0.4, -0.2) is 44.0 Å². The largest absolute Gasteiger partial charge is 0.342 e. The molecule has 1 saturated heterocycles. The van der Waals surface area contributed by atoms with E-state index in [-0.39, 0.29) is 11.8 Å². The molecule has 1 aliphatic carbocycles. The highest BCUT2D eigenvalue weighted by atomic mass is 16.5. The Morgan fingerprint density at radius 1 is 1.07 bits per heavy atom. The van der Waals surface area contributed by atoms with Crippen molar-refractivity contribution in [3.63, 3.8) is 0 Å². The number of nitrogens with zero attached hydrogens (tertiary/aromatic N) is 5. The van der Waals surface area contributed by atoms with E-state index in [1.54, 1.807) is 12.4 Å². The molecule has 0 radical (unpaired) electrons. The number of carbonyl (C=O) groups excluding carboxylic acids is 1. The SMILES string of the molecule is Cc1nccnc1CC(=O)N1CCC(c2nc(C3CCCCC3)no2)CC1. The van der Waals surface area contributed by atoms with Gasteiger partial charge in [-0.25, -0.2) is 0 Å². The minimum absolute atomic E-state index is 0.116. The molecule has 4 rings (SSSR count). The van der Waals surface area contributed by atoms with Crippen LogP contribution < -0.4 is 0 Å². The molecule has 0 aromatic carbocycles. The molecule has 7 nitrogen and oxygen atoms in total. The lowest BCUT2D eigenvalue weighted by molar-refractivity contribution is -0.131. The number of hydrogen-bond acceptors (Lipinski definition) is 6. The molecular formula is C20H27N5O2. The predicted molar refractivity (Wildman–Crippen MR) is 99.2 cm³/mol. The lowest BCUT2D eigenvalue weighted by atomic mass is 9.89. The summed E-state index contributed by atoms with van der Waals surface area (Å²) >= 11 is 0. The number of aromatic nitrogens is 4. The van der Waals surface area contributed by atoms with Crippen molar-refractivity contribution in [1.82, 2.24) is 25.0 Å². The van der Waals surface area contributed by atoms with Crippen LogP contribution >= 0.6 is 0 Å². The van der Waals surface area contributed by atoms with Crippen molar-refractivity contribution in [2.24, 2.45) is 0 Å². The third kappa shape index (κ3) is 4.17. The number of likely N-dealkylation sites (tertiary alicyclic amines) is 1. The van der Waals surface area contributed by atoms with E-state index in [2.05, 4.69) is 15.1 Å². The van der Waals surface area contributed by atoms with Crippen molar-refractivity contribution in [2.75, 3.05) is 13.1 Å². The van der Waals surface area contributed by atoms with Crippen molar-refractivity contribution >= 4 is 5.91 Å². The summed E-state index contributed by atoms with van der Waals surface area (Å²) in [5.74, 6) is 2.49. The first-order valence-electron chi connectivity index (χ1n) is 10.1. The van der Waals surface area contributed by atoms with Crippen LogP contribution in [0, 0.1) is 6.92 Å². The van der Waals surface area contributed by atoms with Crippen molar-refractivity contribution in [3.8, 4) is 0 Å². The molecule has 0 N–H and O–H groups in total. The maximum atomic E-state index is 12.6. The summed E-state index contributed by atoms with van der Waals surface area (Å²) < 4.78 is 5.58. The first-order valence-corrected chi connectivity index (χ1v) is 10.1. The van der Waals surface area contributed by atoms with Crippen molar-refractivity contribution in [3.05, 3.63) is 35.5 Å². The van der Waals surface area contributed by atoms with Crippen LogP contribution in [0.15, 0.2) is 16.9 Å². The van der Waals surface area contributed by atoms with E-state index >= 15 is 0 Å². The Kier molecular flexibility index (Phi) is 5.45. The van der Waals surface area contributed by atoms with Crippen molar-refractivity contribution < 1.29 is 9.32 Å². The number of carbonyl (C=O) groups is 1. The van der Waals surface area contributed by atoms with Gasteiger partial charge in [0.2, 0.25) is 11.8 Å². The molecule has 3 heterocycles. The lowest BCUT2D eigenvalue weighted by Gasteiger charge is -2.30. The fraction of sp³-hybridized carbons (Fsp3) is 0.650. The van der Waals surface area contributed by atoms with E-state index in [1.165, 1.54) is 32.1 Å². The van der Waals surface area contributed by atoms with Crippen LogP contribution in [0.25, 0.3) is 0 Å². The summed E-state index contributed by atoms with van der Waals surface area (Å²) in [5.41, 5.74) is 1.58. The Balaban J connectivity index is 1.31. The van der Waals surface area contributed by atoms with Crippen LogP contribution in [-0.2, 0) is 11.2 Å². The molecule has 2 aliphatic rings. The standard InChI is InChI=1S/C20H27N5O2/c1-14-17(22-10-9-21-14)13-18(26)25-11-7-16(8-12-25)20-23-19(24-27-20)15-5-3-2-4-6-15/h9-10,15-16H,2-8,11-13H2,1H3. The van der Waals surface area contributed by atoms with Crippen LogP contribution in [0.5, 0.6) is 0 Å². The van der Waals surface area contributed by atoms with Gasteiger partial charge < -0.3 is 9.42 Å². The lowest BCUT2D eigenvalue weighted by Crippen LogP contribution is -2.39. The second kappa shape index (κ2) is 8.15. The molecule has 27 heavy (non-hydrogen) atoms. The van der Waals surface area contributed by atoms with Gasteiger partial charge in [-0.2, -0.15) is 4.98 Å². The minimum atomic E-state index is 0.116. The van der Waals surface area contributed by atoms with Gasteiger partial charge in [-0.15, -0.1) is 0 Å². The van der Waals surface area contributed by atoms with Gasteiger partial charge in [-0.3, -0.25) is 14.8 Å². The summed E-state index contributed by atoms with van der Waals surface area (Å²) in [4.78, 5) is 27.7. The Hall–Kier alpha value is -2.31. The first-order chi connectivity index (χ1) is 13.2. The number of hydrogen-bond donors (Lipinski definition) is 0. The molecule has 1 saturated carbocycles. The number of rotatable bonds is 4. The van der Waals surface area contributed by atoms with E-state index in [4.69, 9.17) is 9.51 Å². The van der Waals surface area contributed by atoms with Gasteiger partial charge in [0.15, 0.2) is 5.82 Å². The van der Waals surface area contributed by atoms with Gasteiger partial charge in [0.05, 0.1) is 17.8 Å². The topological polar surface area (TPSA) is 85.0 Å². The van der Waals surface area contributed by atoms with Crippen molar-refractivity contribution in [1.29, 1.82) is 0 Å². The van der Waals surface area contributed by atoms with Crippen LogP contribution in [0.2, 0.25) is 0 Å². The van der Waals surface area contributed by atoms with Gasteiger partial charge >= 0.3 is 0 Å². The molecule has 0 spiro atoms. The zero-order chi connectivity index (χ0) is 18.6. The fourth-order valence-corrected chi connectivity index (χ4v) is 4.18. The fourth-order valence-electron chi connectivity index (χ4n) is 4.18. The zero-order valence-electron chi connectivity index (χ0n) is 15.9. The maximum absolute atomic E-state index is 12.6. The van der Waals surface area contributed by atoms with Gasteiger partial charge in [-0.1, -0.05) is 24.4 Å². The summed E-state index contributed by atoms with van der Waals surface area (Å²) in [6.45, 7) is 3.34. The third-order valence-electron chi connectivity index (χ3n) is 5.93. The minimum Gasteiger partial charge on any atom is -0.342 e. The molecular weight excluding hydrogens is 342 g/mol. The number of piperidine rings is 1. The second-order valence-electron chi connectivity index (χ2n) is 7.75. The Bertz CT molecular complexity index is 776. The predicted octanol–water partition coefficient (Wildman–Crippen LogP) is 3.16. The molecule has 7 heteroatoms. The Morgan fingerprint density at radius 3 is 2.56 bits per heavy atom. The number of amides is 1. The third-order valence-corrected chi connectivity index (χ3v) is 5.93. The average Bonchev–Trinajstić information content (AvgIpc) is 3.21. The van der Waals surface area contributed by atoms with Crippen LogP contribution in [0.1, 0.15) is 79.9 Å². The van der Waals surface area contributed by atoms with Gasteiger partial charge in [0.25, 0.3) is 0 Å². The Morgan fingerprint density at radius 2 is 1.81 bits per heavy atom. The molecule has 144 valence electrons. The molecule has 0 unspecified atom stereocenters. The first kappa shape index (κ1) is 18.1. The normalized spacial score (nSPS) is 19.4. The highest BCUT2D eigenvalue weighted by Gasteiger charge is 2.29. The summed E-state index contributed by atoms with van der Waals surface area (Å²) in [6.07, 6.45) is 11.6. The maximum Gasteiger partial charge on any atom is 0.229 e. The number of aryl methyl sites for hydroxylation is 1. The van der Waals surface area contributed by atoms with Crippen LogP contribution in [0.3, 0.4) is 0 Å². The van der Waals surface area contributed by atoms with E-state index in [0.717, 1.165) is 49.0 Å². The van der Waals surface area contributed by atoms with E-state index in [9.17, 15) is 4.79 Å². The average molecular weight is 369 g/mol. The summed E-state index contributed by atoms with van der Waals surface area (Å²) in [7, 11) is 0. The molecule has 0 bridgehead atoms. The monoisotopic (exact) mass is 369 g/mol. The van der Waals surface area contributed by atoms with E-state index in [1.807, 2.05) is 11.8 Å². The highest BCUT2D eigenvalue weighted by molar-refractivity contribution is 5.78. The summed E-state index contributed by atoms with van der Waals surface area (Å²) in [5, 5.41) is 4.25. The van der Waals surface area contributed by atoms with E-state index in [0.29, 0.717) is 12.3 Å². The highest BCUT2D eigenvalue weighted by Crippen LogP contribution is 2.33. The van der Waals surface area contributed by atoms with Crippen LogP contribution in [0.4, 0.5) is 0 Å².